The highest BCUT2D eigenvalue weighted by Crippen LogP contribution is 2.33. The van der Waals surface area contributed by atoms with Crippen LogP contribution in [0.4, 0.5) is 11.4 Å². The third-order valence-electron chi connectivity index (χ3n) is 6.07. The van der Waals surface area contributed by atoms with E-state index in [2.05, 4.69) is 10.2 Å². The van der Waals surface area contributed by atoms with Gasteiger partial charge in [-0.2, -0.15) is 0 Å². The first kappa shape index (κ1) is 22.8. The number of amides is 2. The molecule has 0 unspecified atom stereocenters. The lowest BCUT2D eigenvalue weighted by molar-refractivity contribution is -0.115. The number of ether oxygens (including phenoxy) is 2. The monoisotopic (exact) mass is 489 g/mol. The van der Waals surface area contributed by atoms with E-state index in [-0.39, 0.29) is 17.6 Å². The zero-order valence-electron chi connectivity index (χ0n) is 19.2. The first-order chi connectivity index (χ1) is 17.0. The molecule has 0 atom stereocenters. The Morgan fingerprint density at radius 3 is 2.51 bits per heavy atom. The molecule has 2 aliphatic heterocycles. The van der Waals surface area contributed by atoms with Gasteiger partial charge in [-0.1, -0.05) is 23.7 Å². The summed E-state index contributed by atoms with van der Waals surface area (Å²) in [5.74, 6) is 1.01. The maximum atomic E-state index is 13.1. The van der Waals surface area contributed by atoms with Gasteiger partial charge in [-0.05, 0) is 66.2 Å². The summed E-state index contributed by atoms with van der Waals surface area (Å²) >= 11 is 6.03. The summed E-state index contributed by atoms with van der Waals surface area (Å²) in [7, 11) is 1.65. The average Bonchev–Trinajstić information content (AvgIpc) is 2.89. The van der Waals surface area contributed by atoms with Gasteiger partial charge in [-0.3, -0.25) is 9.59 Å². The van der Waals surface area contributed by atoms with E-state index in [4.69, 9.17) is 21.1 Å². The molecule has 2 heterocycles. The Kier molecular flexibility index (Phi) is 6.33. The molecule has 1 N–H and O–H groups in total. The van der Waals surface area contributed by atoms with E-state index in [1.807, 2.05) is 35.2 Å². The average molecular weight is 490 g/mol. The Morgan fingerprint density at radius 1 is 1.03 bits per heavy atom. The number of halogens is 1. The highest BCUT2D eigenvalue weighted by atomic mass is 35.5. The van der Waals surface area contributed by atoms with Crippen molar-refractivity contribution in [1.29, 1.82) is 0 Å². The van der Waals surface area contributed by atoms with Crippen molar-refractivity contribution in [1.82, 2.24) is 4.90 Å². The summed E-state index contributed by atoms with van der Waals surface area (Å²) in [6.07, 6.45) is 1.63. The molecule has 8 heteroatoms. The lowest BCUT2D eigenvalue weighted by Gasteiger charge is -2.36. The molecule has 1 fully saturated rings. The number of nitrogens with zero attached hydrogens (tertiary/aromatic N) is 2. The number of piperazine rings is 1. The largest absolute Gasteiger partial charge is 0.497 e. The number of methoxy groups -OCH3 is 1. The van der Waals surface area contributed by atoms with E-state index in [1.165, 1.54) is 0 Å². The van der Waals surface area contributed by atoms with E-state index < -0.39 is 0 Å². The van der Waals surface area contributed by atoms with Gasteiger partial charge in [0, 0.05) is 42.5 Å². The Balaban J connectivity index is 1.25. The molecule has 3 aromatic rings. The van der Waals surface area contributed by atoms with Crippen LogP contribution in [0.25, 0.3) is 6.08 Å². The third-order valence-corrected chi connectivity index (χ3v) is 6.30. The quantitative estimate of drug-likeness (QED) is 0.539. The lowest BCUT2D eigenvalue weighted by atomic mass is 10.1. The molecule has 0 aromatic heterocycles. The predicted molar refractivity (Wildman–Crippen MR) is 136 cm³/mol. The van der Waals surface area contributed by atoms with Crippen molar-refractivity contribution in [2.45, 2.75) is 0 Å². The van der Waals surface area contributed by atoms with Crippen LogP contribution in [0.15, 0.2) is 72.5 Å². The maximum absolute atomic E-state index is 13.1. The molecule has 0 spiro atoms. The smallest absolute Gasteiger partial charge is 0.291 e. The van der Waals surface area contributed by atoms with Gasteiger partial charge >= 0.3 is 0 Å². The van der Waals surface area contributed by atoms with Gasteiger partial charge < -0.3 is 24.6 Å². The predicted octanol–water partition coefficient (Wildman–Crippen LogP) is 4.68. The van der Waals surface area contributed by atoms with Crippen molar-refractivity contribution in [3.8, 4) is 11.5 Å². The highest BCUT2D eigenvalue weighted by molar-refractivity contribution is 6.30. The molecular formula is C27H24ClN3O4. The number of anilines is 2. The normalized spacial score (nSPS) is 16.4. The van der Waals surface area contributed by atoms with Crippen molar-refractivity contribution in [2.75, 3.05) is 43.5 Å². The lowest BCUT2D eigenvalue weighted by Crippen LogP contribution is -2.48. The second-order valence-corrected chi connectivity index (χ2v) is 8.74. The summed E-state index contributed by atoms with van der Waals surface area (Å²) < 4.78 is 11.0. The summed E-state index contributed by atoms with van der Waals surface area (Å²) in [4.78, 5) is 29.8. The number of nitrogens with one attached hydrogen (secondary N) is 1. The molecule has 0 saturated carbocycles. The third kappa shape index (κ3) is 4.95. The molecule has 3 aromatic carbocycles. The Bertz CT molecular complexity index is 1300. The van der Waals surface area contributed by atoms with Crippen LogP contribution in [0.3, 0.4) is 0 Å². The number of carbonyl (C=O) groups excluding carboxylic acids is 2. The molecule has 2 aliphatic rings. The fraction of sp³-hybridized carbons (Fsp3) is 0.185. The number of fused-ring (bicyclic) bond motifs is 1. The number of rotatable bonds is 4. The van der Waals surface area contributed by atoms with Gasteiger partial charge in [0.1, 0.15) is 5.75 Å². The maximum Gasteiger partial charge on any atom is 0.291 e. The van der Waals surface area contributed by atoms with E-state index in [0.29, 0.717) is 35.1 Å². The van der Waals surface area contributed by atoms with Crippen LogP contribution in [0.1, 0.15) is 15.9 Å². The molecule has 7 nitrogen and oxygen atoms in total. The van der Waals surface area contributed by atoms with Gasteiger partial charge in [0.05, 0.1) is 12.8 Å². The van der Waals surface area contributed by atoms with Crippen LogP contribution in [-0.2, 0) is 4.79 Å². The minimum atomic E-state index is -0.379. The highest BCUT2D eigenvalue weighted by Gasteiger charge is 2.26. The Labute approximate surface area is 208 Å². The van der Waals surface area contributed by atoms with E-state index in [1.54, 1.807) is 49.6 Å². The summed E-state index contributed by atoms with van der Waals surface area (Å²) in [5.41, 5.74) is 2.84. The molecule has 0 radical (unpaired) electrons. The zero-order chi connectivity index (χ0) is 24.4. The number of carbonyl (C=O) groups is 2. The van der Waals surface area contributed by atoms with E-state index in [9.17, 15) is 9.59 Å². The summed E-state index contributed by atoms with van der Waals surface area (Å²) in [6.45, 7) is 2.69. The fourth-order valence-electron chi connectivity index (χ4n) is 4.18. The molecule has 0 bridgehead atoms. The van der Waals surface area contributed by atoms with Crippen molar-refractivity contribution in [2.24, 2.45) is 0 Å². The molecule has 35 heavy (non-hydrogen) atoms. The Hall–Kier alpha value is -3.97. The minimum absolute atomic E-state index is 0.0725. The van der Waals surface area contributed by atoms with Crippen LogP contribution in [0.5, 0.6) is 11.5 Å². The second kappa shape index (κ2) is 9.72. The molecule has 1 saturated heterocycles. The number of hydrogen-bond acceptors (Lipinski definition) is 5. The SMILES string of the molecule is COc1ccc(N2CCN(C(=O)c3ccc4c(c3)NC(=O)C(=Cc3cccc(Cl)c3)O4)CC2)cc1. The molecule has 178 valence electrons. The van der Waals surface area contributed by atoms with Crippen LogP contribution in [-0.4, -0.2) is 50.0 Å². The second-order valence-electron chi connectivity index (χ2n) is 8.31. The van der Waals surface area contributed by atoms with Crippen LogP contribution in [0, 0.1) is 0 Å². The summed E-state index contributed by atoms with van der Waals surface area (Å²) in [5, 5.41) is 3.40. The van der Waals surface area contributed by atoms with Gasteiger partial charge in [-0.25, -0.2) is 0 Å². The van der Waals surface area contributed by atoms with Crippen LogP contribution in [0.2, 0.25) is 5.02 Å². The summed E-state index contributed by atoms with van der Waals surface area (Å²) in [6, 6.07) is 20.2. The molecule has 5 rings (SSSR count). The van der Waals surface area contributed by atoms with E-state index in [0.717, 1.165) is 30.1 Å². The zero-order valence-corrected chi connectivity index (χ0v) is 19.9. The van der Waals surface area contributed by atoms with Gasteiger partial charge in [0.2, 0.25) is 0 Å². The number of hydrogen-bond donors (Lipinski definition) is 1. The van der Waals surface area contributed by atoms with Crippen molar-refractivity contribution in [3.05, 3.63) is 88.6 Å². The van der Waals surface area contributed by atoms with Gasteiger partial charge in [0.15, 0.2) is 11.5 Å². The standard InChI is InChI=1S/C27H24ClN3O4/c1-34-22-8-6-21(7-9-22)30-11-13-31(14-12-30)27(33)19-5-10-24-23(17-19)29-26(32)25(35-24)16-18-3-2-4-20(28)15-18/h2-10,15-17H,11-14H2,1H3,(H,29,32). The molecular weight excluding hydrogens is 466 g/mol. The van der Waals surface area contributed by atoms with Crippen LogP contribution >= 0.6 is 11.6 Å². The van der Waals surface area contributed by atoms with Crippen molar-refractivity contribution >= 4 is 40.9 Å². The molecule has 0 aliphatic carbocycles. The van der Waals surface area contributed by atoms with Gasteiger partial charge in [-0.15, -0.1) is 0 Å². The number of benzene rings is 3. The van der Waals surface area contributed by atoms with Gasteiger partial charge in [0.25, 0.3) is 11.8 Å². The first-order valence-corrected chi connectivity index (χ1v) is 11.7. The van der Waals surface area contributed by atoms with E-state index >= 15 is 0 Å². The first-order valence-electron chi connectivity index (χ1n) is 11.3. The van der Waals surface area contributed by atoms with Crippen molar-refractivity contribution < 1.29 is 19.1 Å². The van der Waals surface area contributed by atoms with Crippen molar-refractivity contribution in [3.63, 3.8) is 0 Å². The Morgan fingerprint density at radius 2 is 1.80 bits per heavy atom. The minimum Gasteiger partial charge on any atom is -0.497 e. The van der Waals surface area contributed by atoms with Crippen LogP contribution < -0.4 is 19.7 Å². The fourth-order valence-corrected chi connectivity index (χ4v) is 4.38. The molecule has 2 amide bonds. The topological polar surface area (TPSA) is 71.1 Å².